The Hall–Kier alpha value is -4.31. The highest BCUT2D eigenvalue weighted by atomic mass is 32.1. The van der Waals surface area contributed by atoms with Crippen LogP contribution in [0.25, 0.3) is 0 Å². The highest BCUT2D eigenvalue weighted by Crippen LogP contribution is 2.42. The third-order valence-corrected chi connectivity index (χ3v) is 8.64. The van der Waals surface area contributed by atoms with E-state index < -0.39 is 17.6 Å². The molecular formula is C32H35N3O7S. The Kier molecular flexibility index (Phi) is 8.25. The van der Waals surface area contributed by atoms with E-state index >= 15 is 0 Å². The summed E-state index contributed by atoms with van der Waals surface area (Å²) in [6, 6.07) is 10.4. The fourth-order valence-electron chi connectivity index (χ4n) is 5.60. The molecule has 0 saturated heterocycles. The summed E-state index contributed by atoms with van der Waals surface area (Å²) < 4.78 is 21.9. The van der Waals surface area contributed by atoms with Gasteiger partial charge in [0.2, 0.25) is 0 Å². The second kappa shape index (κ2) is 11.8. The summed E-state index contributed by atoms with van der Waals surface area (Å²) in [5.41, 5.74) is 8.94. The molecule has 0 saturated carbocycles. The van der Waals surface area contributed by atoms with Crippen LogP contribution in [0.5, 0.6) is 17.2 Å². The lowest BCUT2D eigenvalue weighted by Gasteiger charge is -2.38. The molecule has 43 heavy (non-hydrogen) atoms. The van der Waals surface area contributed by atoms with Gasteiger partial charge in [-0.2, -0.15) is 0 Å². The molecule has 3 aromatic rings. The molecule has 0 fully saturated rings. The zero-order valence-corrected chi connectivity index (χ0v) is 25.9. The van der Waals surface area contributed by atoms with Crippen molar-refractivity contribution in [1.82, 2.24) is 9.80 Å². The van der Waals surface area contributed by atoms with Crippen LogP contribution in [0.2, 0.25) is 0 Å². The van der Waals surface area contributed by atoms with Crippen molar-refractivity contribution in [1.29, 1.82) is 0 Å². The molecule has 2 N–H and O–H groups in total. The van der Waals surface area contributed by atoms with Crippen LogP contribution in [-0.4, -0.2) is 60.6 Å². The van der Waals surface area contributed by atoms with Crippen LogP contribution in [0.3, 0.4) is 0 Å². The van der Waals surface area contributed by atoms with E-state index in [0.717, 1.165) is 21.8 Å². The van der Waals surface area contributed by atoms with E-state index in [-0.39, 0.29) is 24.6 Å². The zero-order chi connectivity index (χ0) is 31.1. The number of carbonyl (C=O) groups excluding carboxylic acids is 3. The highest BCUT2D eigenvalue weighted by molar-refractivity contribution is 7.16. The van der Waals surface area contributed by atoms with E-state index in [0.29, 0.717) is 46.3 Å². The zero-order valence-electron chi connectivity index (χ0n) is 25.1. The standard InChI is InChI=1S/C32H35N3O7S/c1-32(2,3)42-31(38)28-22-13-24(34(16-27(22)43-29(28)33)14-18-7-9-19(39-4)10-8-18)25(17-36)35-15-23-21(30(35)37)11-20(40-5)12-26(23)41-6/h7-12,24H,13-16,33H2,1-6H3. The number of esters is 1. The van der Waals surface area contributed by atoms with Gasteiger partial charge in [0.05, 0.1) is 45.0 Å². The molecule has 1 amide bonds. The highest BCUT2D eigenvalue weighted by Gasteiger charge is 2.42. The number of nitrogens with zero attached hydrogens (tertiary/aromatic N) is 2. The topological polar surface area (TPSA) is 121 Å². The Morgan fingerprint density at radius 3 is 2.33 bits per heavy atom. The fraction of sp³-hybridized carbons (Fsp3) is 0.375. The van der Waals surface area contributed by atoms with E-state index in [1.165, 1.54) is 30.5 Å². The minimum absolute atomic E-state index is 0.135. The van der Waals surface area contributed by atoms with Gasteiger partial charge in [-0.05, 0) is 56.5 Å². The molecule has 1 unspecified atom stereocenters. The number of benzene rings is 2. The SMILES string of the molecule is COc1ccc(CN2Cc3sc(N)c(C(=O)OC(C)(C)C)c3CC2C(=C=O)N2Cc3c(OC)cc(OC)cc3C2=O)cc1. The van der Waals surface area contributed by atoms with Gasteiger partial charge in [0.15, 0.2) is 0 Å². The number of thiophene rings is 1. The first-order chi connectivity index (χ1) is 20.5. The van der Waals surface area contributed by atoms with Gasteiger partial charge in [0.1, 0.15) is 39.5 Å². The van der Waals surface area contributed by atoms with Crippen LogP contribution in [-0.2, 0) is 35.6 Å². The molecule has 0 aliphatic carbocycles. The van der Waals surface area contributed by atoms with Gasteiger partial charge in [-0.3, -0.25) is 14.6 Å². The van der Waals surface area contributed by atoms with Crippen molar-refractivity contribution in [2.75, 3.05) is 27.1 Å². The Balaban J connectivity index is 1.55. The molecule has 1 aromatic heterocycles. The van der Waals surface area contributed by atoms with Crippen molar-refractivity contribution in [3.8, 4) is 17.2 Å². The van der Waals surface area contributed by atoms with Gasteiger partial charge in [0.25, 0.3) is 5.91 Å². The smallest absolute Gasteiger partial charge is 0.341 e. The van der Waals surface area contributed by atoms with Gasteiger partial charge in [-0.15, -0.1) is 11.3 Å². The van der Waals surface area contributed by atoms with Crippen LogP contribution in [0.1, 0.15) is 63.1 Å². The lowest BCUT2D eigenvalue weighted by atomic mass is 9.93. The van der Waals surface area contributed by atoms with Crippen molar-refractivity contribution >= 4 is 34.2 Å². The van der Waals surface area contributed by atoms with Crippen LogP contribution in [0, 0.1) is 0 Å². The van der Waals surface area contributed by atoms with E-state index in [1.807, 2.05) is 24.3 Å². The number of hydrogen-bond donors (Lipinski definition) is 1. The maximum Gasteiger partial charge on any atom is 0.341 e. The monoisotopic (exact) mass is 605 g/mol. The number of amides is 1. The van der Waals surface area contributed by atoms with Gasteiger partial charge >= 0.3 is 5.97 Å². The number of rotatable bonds is 8. The number of ether oxygens (including phenoxy) is 4. The van der Waals surface area contributed by atoms with Crippen molar-refractivity contribution in [3.63, 3.8) is 0 Å². The molecule has 2 aromatic carbocycles. The molecule has 11 heteroatoms. The molecule has 3 heterocycles. The third-order valence-electron chi connectivity index (χ3n) is 7.59. The predicted octanol–water partition coefficient (Wildman–Crippen LogP) is 4.61. The number of methoxy groups -OCH3 is 3. The predicted molar refractivity (Wildman–Crippen MR) is 162 cm³/mol. The summed E-state index contributed by atoms with van der Waals surface area (Å²) >= 11 is 1.34. The van der Waals surface area contributed by atoms with E-state index in [1.54, 1.807) is 40.0 Å². The molecule has 2 aliphatic heterocycles. The fourth-order valence-corrected chi connectivity index (χ4v) is 6.71. The third kappa shape index (κ3) is 5.84. The van der Waals surface area contributed by atoms with Crippen molar-refractivity contribution < 1.29 is 33.3 Å². The first-order valence-electron chi connectivity index (χ1n) is 13.8. The summed E-state index contributed by atoms with van der Waals surface area (Å²) in [7, 11) is 4.65. The van der Waals surface area contributed by atoms with Gasteiger partial charge in [-0.1, -0.05) is 12.1 Å². The number of nitrogen functional groups attached to an aromatic ring is 1. The number of anilines is 1. The molecule has 0 spiro atoms. The Morgan fingerprint density at radius 2 is 1.72 bits per heavy atom. The average Bonchev–Trinajstić information content (AvgIpc) is 3.47. The largest absolute Gasteiger partial charge is 0.497 e. The molecular weight excluding hydrogens is 570 g/mol. The maximum atomic E-state index is 13.8. The van der Waals surface area contributed by atoms with Gasteiger partial charge < -0.3 is 24.7 Å². The number of carbonyl (C=O) groups is 2. The Labute approximate surface area is 254 Å². The minimum atomic E-state index is -0.714. The van der Waals surface area contributed by atoms with Crippen LogP contribution < -0.4 is 19.9 Å². The lowest BCUT2D eigenvalue weighted by Crippen LogP contribution is -2.46. The number of nitrogens with two attached hydrogens (primary N) is 1. The minimum Gasteiger partial charge on any atom is -0.497 e. The molecule has 2 aliphatic rings. The first-order valence-corrected chi connectivity index (χ1v) is 14.6. The van der Waals surface area contributed by atoms with Crippen LogP contribution in [0.15, 0.2) is 42.1 Å². The van der Waals surface area contributed by atoms with Crippen molar-refractivity contribution in [2.45, 2.75) is 58.5 Å². The second-order valence-corrected chi connectivity index (χ2v) is 12.6. The molecule has 5 rings (SSSR count). The molecule has 10 nitrogen and oxygen atoms in total. The normalized spacial score (nSPS) is 16.3. The van der Waals surface area contributed by atoms with Crippen molar-refractivity contribution in [3.05, 3.63) is 74.8 Å². The summed E-state index contributed by atoms with van der Waals surface area (Å²) in [5, 5.41) is 0.363. The molecule has 0 bridgehead atoms. The second-order valence-electron chi connectivity index (χ2n) is 11.5. The quantitative estimate of drug-likeness (QED) is 0.290. The van der Waals surface area contributed by atoms with Gasteiger partial charge in [-0.25, -0.2) is 9.59 Å². The van der Waals surface area contributed by atoms with Crippen molar-refractivity contribution in [2.24, 2.45) is 0 Å². The summed E-state index contributed by atoms with van der Waals surface area (Å²) in [4.78, 5) is 44.3. The maximum absolute atomic E-state index is 13.8. The summed E-state index contributed by atoms with van der Waals surface area (Å²) in [5.74, 6) is 2.94. The van der Waals surface area contributed by atoms with E-state index in [2.05, 4.69) is 10.8 Å². The molecule has 0 radical (unpaired) electrons. The molecule has 1 atom stereocenters. The van der Waals surface area contributed by atoms with Crippen LogP contribution >= 0.6 is 11.3 Å². The van der Waals surface area contributed by atoms with E-state index in [9.17, 15) is 14.4 Å². The summed E-state index contributed by atoms with van der Waals surface area (Å²) in [6.45, 7) is 6.40. The Bertz CT molecular complexity index is 1620. The van der Waals surface area contributed by atoms with Crippen LogP contribution in [0.4, 0.5) is 5.00 Å². The number of hydrogen-bond acceptors (Lipinski definition) is 10. The first kappa shape index (κ1) is 30.2. The number of fused-ring (bicyclic) bond motifs is 2. The van der Waals surface area contributed by atoms with Gasteiger partial charge in [0, 0.05) is 29.6 Å². The Morgan fingerprint density at radius 1 is 1.02 bits per heavy atom. The summed E-state index contributed by atoms with van der Waals surface area (Å²) in [6.07, 6.45) is 0.263. The van der Waals surface area contributed by atoms with E-state index in [4.69, 9.17) is 24.7 Å². The lowest BCUT2D eigenvalue weighted by molar-refractivity contribution is 0.00686. The average molecular weight is 606 g/mol. The molecule has 226 valence electrons.